The third kappa shape index (κ3) is 6.39. The van der Waals surface area contributed by atoms with Gasteiger partial charge in [0.25, 0.3) is 5.91 Å². The van der Waals surface area contributed by atoms with Gasteiger partial charge in [-0.05, 0) is 77.5 Å². The number of carbonyl (C=O) groups is 5. The van der Waals surface area contributed by atoms with Crippen LogP contribution in [0, 0.1) is 0 Å². The average molecular weight is 757 g/mol. The second-order valence-corrected chi connectivity index (χ2v) is 13.7. The number of thiophene rings is 2. The van der Waals surface area contributed by atoms with E-state index in [1.54, 1.807) is 53.2 Å². The van der Waals surface area contributed by atoms with Crippen molar-refractivity contribution in [2.75, 3.05) is 21.3 Å². The summed E-state index contributed by atoms with van der Waals surface area (Å²) in [6, 6.07) is 22.8. The predicted molar refractivity (Wildman–Crippen MR) is 194 cm³/mol. The Hall–Kier alpha value is -6.03. The second-order valence-electron chi connectivity index (χ2n) is 11.8. The number of benzene rings is 3. The monoisotopic (exact) mass is 756 g/mol. The number of likely N-dealkylation sites (N-methyl/N-ethyl adjacent to an activating group) is 1. The molecule has 1 saturated carbocycles. The Balaban J connectivity index is 1.51. The van der Waals surface area contributed by atoms with Crippen molar-refractivity contribution >= 4 is 52.5 Å². The molecule has 3 aromatic carbocycles. The largest absolute Gasteiger partial charge is 0.493 e. The van der Waals surface area contributed by atoms with Crippen LogP contribution in [0.4, 0.5) is 0 Å². The van der Waals surface area contributed by atoms with Gasteiger partial charge >= 0.3 is 23.9 Å². The zero-order valence-corrected chi connectivity index (χ0v) is 30.0. The first-order valence-corrected chi connectivity index (χ1v) is 17.7. The zero-order chi connectivity index (χ0) is 37.9. The number of aliphatic carboxylic acids is 2. The van der Waals surface area contributed by atoms with Crippen LogP contribution in [0.2, 0.25) is 0 Å². The minimum atomic E-state index is -2.34. The van der Waals surface area contributed by atoms with Crippen molar-refractivity contribution in [1.82, 2.24) is 10.6 Å². The lowest BCUT2D eigenvalue weighted by atomic mass is 9.43. The molecule has 6 rings (SSSR count). The van der Waals surface area contributed by atoms with E-state index < -0.39 is 52.7 Å². The average Bonchev–Trinajstić information content (AvgIpc) is 3.90. The van der Waals surface area contributed by atoms with Crippen molar-refractivity contribution in [2.45, 2.75) is 22.9 Å². The topological polar surface area (TPSA) is 187 Å². The molecule has 0 spiro atoms. The maximum absolute atomic E-state index is 13.9. The highest BCUT2D eigenvalue weighted by molar-refractivity contribution is 7.12. The second kappa shape index (κ2) is 14.9. The number of methoxy groups -OCH3 is 2. The van der Waals surface area contributed by atoms with Crippen molar-refractivity contribution in [3.8, 4) is 23.0 Å². The quantitative estimate of drug-likeness (QED) is 0.0882. The van der Waals surface area contributed by atoms with Crippen molar-refractivity contribution in [2.24, 2.45) is 0 Å². The molecule has 5 aromatic rings. The van der Waals surface area contributed by atoms with E-state index in [2.05, 4.69) is 10.6 Å². The van der Waals surface area contributed by atoms with E-state index in [1.807, 2.05) is 0 Å². The maximum atomic E-state index is 13.9. The molecule has 2 heterocycles. The summed E-state index contributed by atoms with van der Waals surface area (Å²) in [5.41, 5.74) is -4.04. The number of esters is 2. The number of hydrogen-bond donors (Lipinski definition) is 4. The Labute approximate surface area is 310 Å². The van der Waals surface area contributed by atoms with Crippen LogP contribution in [-0.4, -0.2) is 72.3 Å². The molecule has 2 unspecified atom stereocenters. The SMILES string of the molecule is CNC1(C(=O)O)C(c2ccc(OC(=O)c3cccs3)c(OC)c2)C(NC(=O)c2ccccc2)(C(=O)O)C1c1ccc(OC(=O)c2cccs2)c(OC)c1. The van der Waals surface area contributed by atoms with Crippen molar-refractivity contribution in [3.05, 3.63) is 128 Å². The molecule has 1 aliphatic carbocycles. The van der Waals surface area contributed by atoms with Crippen LogP contribution in [0.5, 0.6) is 23.0 Å². The summed E-state index contributed by atoms with van der Waals surface area (Å²) in [4.78, 5) is 67.6. The number of hydrogen-bond acceptors (Lipinski definition) is 12. The molecule has 2 aromatic heterocycles. The predicted octanol–water partition coefficient (Wildman–Crippen LogP) is 5.44. The number of amides is 1. The summed E-state index contributed by atoms with van der Waals surface area (Å²) in [6.07, 6.45) is 0. The van der Waals surface area contributed by atoms with Crippen LogP contribution >= 0.6 is 22.7 Å². The molecule has 4 N–H and O–H groups in total. The summed E-state index contributed by atoms with van der Waals surface area (Å²) in [7, 11) is 4.00. The molecule has 53 heavy (non-hydrogen) atoms. The Morgan fingerprint density at radius 3 is 1.47 bits per heavy atom. The smallest absolute Gasteiger partial charge is 0.353 e. The molecule has 0 bridgehead atoms. The van der Waals surface area contributed by atoms with E-state index in [0.29, 0.717) is 9.75 Å². The van der Waals surface area contributed by atoms with E-state index in [0.717, 1.165) is 0 Å². The highest BCUT2D eigenvalue weighted by atomic mass is 32.1. The first kappa shape index (κ1) is 36.8. The molecule has 1 aliphatic rings. The summed E-state index contributed by atoms with van der Waals surface area (Å²) >= 11 is 2.35. The third-order valence-corrected chi connectivity index (χ3v) is 10.9. The molecular formula is C38H32N2O11S2. The molecule has 0 radical (unpaired) electrons. The lowest BCUT2D eigenvalue weighted by molar-refractivity contribution is -0.171. The van der Waals surface area contributed by atoms with Crippen molar-refractivity contribution < 1.29 is 53.1 Å². The number of nitrogens with one attached hydrogen (secondary N) is 2. The van der Waals surface area contributed by atoms with Crippen LogP contribution in [0.15, 0.2) is 102 Å². The van der Waals surface area contributed by atoms with Gasteiger partial charge in [-0.3, -0.25) is 9.59 Å². The minimum absolute atomic E-state index is 0.00238. The van der Waals surface area contributed by atoms with Gasteiger partial charge in [0.15, 0.2) is 28.5 Å². The van der Waals surface area contributed by atoms with Gasteiger partial charge in [-0.15, -0.1) is 22.7 Å². The van der Waals surface area contributed by atoms with Gasteiger partial charge in [0.05, 0.1) is 14.2 Å². The number of carboxylic acid groups (broad SMARTS) is 2. The van der Waals surface area contributed by atoms with Crippen LogP contribution in [0.3, 0.4) is 0 Å². The fourth-order valence-corrected chi connectivity index (χ4v) is 8.13. The fraction of sp³-hybridized carbons (Fsp3) is 0.184. The van der Waals surface area contributed by atoms with Gasteiger partial charge in [-0.2, -0.15) is 0 Å². The van der Waals surface area contributed by atoms with Crippen molar-refractivity contribution in [3.63, 3.8) is 0 Å². The van der Waals surface area contributed by atoms with Gasteiger partial charge in [-0.25, -0.2) is 14.4 Å². The summed E-state index contributed by atoms with van der Waals surface area (Å²) < 4.78 is 22.2. The van der Waals surface area contributed by atoms with Crippen LogP contribution in [0.1, 0.15) is 52.7 Å². The molecule has 0 saturated heterocycles. The Bertz CT molecular complexity index is 2060. The van der Waals surface area contributed by atoms with Crippen LogP contribution < -0.4 is 29.6 Å². The Morgan fingerprint density at radius 1 is 0.623 bits per heavy atom. The molecule has 1 amide bonds. The standard InChI is InChI=1S/C38H32N2O11S2/c1-39-37(35(44)45)30(22-13-15-24(26(19-22)48-2)50-33(42)28-11-7-17-52-28)38(36(46)47,40-32(41)21-9-5-4-6-10-21)31(37)23-14-16-25(27(20-23)49-3)51-34(43)29-12-8-18-53-29/h4-20,30-31,39H,1-3H3,(H,40,41)(H,44,45)(H,46,47). The van der Waals surface area contributed by atoms with E-state index in [9.17, 15) is 34.2 Å². The number of ether oxygens (including phenoxy) is 4. The molecule has 272 valence electrons. The van der Waals surface area contributed by atoms with E-state index >= 15 is 0 Å². The minimum Gasteiger partial charge on any atom is -0.493 e. The van der Waals surface area contributed by atoms with Crippen molar-refractivity contribution in [1.29, 1.82) is 0 Å². The highest BCUT2D eigenvalue weighted by Crippen LogP contribution is 2.63. The summed E-state index contributed by atoms with van der Waals surface area (Å²) in [5, 5.41) is 31.3. The van der Waals surface area contributed by atoms with Crippen LogP contribution in [-0.2, 0) is 9.59 Å². The summed E-state index contributed by atoms with van der Waals surface area (Å²) in [5.74, 6) is -8.04. The lowest BCUT2D eigenvalue weighted by Crippen LogP contribution is -2.85. The normalized spacial score (nSPS) is 20.4. The molecule has 2 atom stereocenters. The van der Waals surface area contributed by atoms with Gasteiger partial charge < -0.3 is 39.8 Å². The first-order valence-electron chi connectivity index (χ1n) is 15.9. The number of carbonyl (C=O) groups excluding carboxylic acids is 3. The zero-order valence-electron chi connectivity index (χ0n) is 28.4. The molecule has 0 aliphatic heterocycles. The first-order chi connectivity index (χ1) is 25.5. The van der Waals surface area contributed by atoms with Gasteiger partial charge in [0.1, 0.15) is 15.3 Å². The van der Waals surface area contributed by atoms with E-state index in [4.69, 9.17) is 18.9 Å². The van der Waals surface area contributed by atoms with Gasteiger partial charge in [0, 0.05) is 17.4 Å². The molecule has 15 heteroatoms. The Morgan fingerprint density at radius 2 is 1.09 bits per heavy atom. The lowest BCUT2D eigenvalue weighted by Gasteiger charge is -2.64. The molecular weight excluding hydrogens is 725 g/mol. The number of rotatable bonds is 13. The van der Waals surface area contributed by atoms with Gasteiger partial charge in [0.2, 0.25) is 0 Å². The fourth-order valence-electron chi connectivity index (χ4n) is 6.93. The maximum Gasteiger partial charge on any atom is 0.353 e. The Kier molecular flexibility index (Phi) is 10.3. The third-order valence-electron chi connectivity index (χ3n) is 9.19. The molecule has 13 nitrogen and oxygen atoms in total. The van der Waals surface area contributed by atoms with Crippen LogP contribution in [0.25, 0.3) is 0 Å². The van der Waals surface area contributed by atoms with E-state index in [-0.39, 0.29) is 39.7 Å². The van der Waals surface area contributed by atoms with Gasteiger partial charge in [-0.1, -0.05) is 42.5 Å². The highest BCUT2D eigenvalue weighted by Gasteiger charge is 2.79. The molecule has 1 fully saturated rings. The summed E-state index contributed by atoms with van der Waals surface area (Å²) in [6.45, 7) is 0. The number of carboxylic acids is 2. The van der Waals surface area contributed by atoms with E-state index in [1.165, 1.54) is 92.5 Å².